The maximum Gasteiger partial charge on any atom is 0.197 e. The molecule has 0 fully saturated rings. The molecule has 0 atom stereocenters. The van der Waals surface area contributed by atoms with Gasteiger partial charge in [0, 0.05) is 18.5 Å². The molecular formula is C13H11N3O3S. The third-order valence-electron chi connectivity index (χ3n) is 2.71. The fourth-order valence-electron chi connectivity index (χ4n) is 1.84. The lowest BCUT2D eigenvalue weighted by atomic mass is 10.3. The van der Waals surface area contributed by atoms with E-state index < -0.39 is 9.84 Å². The van der Waals surface area contributed by atoms with Gasteiger partial charge in [0.1, 0.15) is 5.75 Å². The second-order valence-electron chi connectivity index (χ2n) is 4.26. The maximum absolute atomic E-state index is 11.7. The van der Waals surface area contributed by atoms with Gasteiger partial charge in [0.15, 0.2) is 20.6 Å². The first kappa shape index (κ1) is 12.6. The Morgan fingerprint density at radius 2 is 2.05 bits per heavy atom. The normalized spacial score (nSPS) is 11.7. The van der Waals surface area contributed by atoms with Gasteiger partial charge in [-0.25, -0.2) is 18.4 Å². The van der Waals surface area contributed by atoms with E-state index in [4.69, 9.17) is 4.74 Å². The predicted molar refractivity (Wildman–Crippen MR) is 73.5 cm³/mol. The van der Waals surface area contributed by atoms with Crippen LogP contribution in [0.25, 0.3) is 11.0 Å². The van der Waals surface area contributed by atoms with E-state index in [1.807, 2.05) is 0 Å². The minimum absolute atomic E-state index is 0.0790. The van der Waals surface area contributed by atoms with Crippen molar-refractivity contribution < 1.29 is 13.2 Å². The number of benzene rings is 1. The summed E-state index contributed by atoms with van der Waals surface area (Å²) >= 11 is 0. The number of hydrogen-bond donors (Lipinski definition) is 1. The zero-order chi connectivity index (χ0) is 14.2. The maximum atomic E-state index is 11.7. The number of ether oxygens (including phenoxy) is 1. The van der Waals surface area contributed by atoms with Gasteiger partial charge >= 0.3 is 0 Å². The molecule has 2 heterocycles. The first-order chi connectivity index (χ1) is 9.54. The summed E-state index contributed by atoms with van der Waals surface area (Å²) in [7, 11) is -3.44. The van der Waals surface area contributed by atoms with Gasteiger partial charge in [-0.2, -0.15) is 0 Å². The molecule has 1 aromatic carbocycles. The van der Waals surface area contributed by atoms with Crippen molar-refractivity contribution in [2.45, 2.75) is 5.03 Å². The van der Waals surface area contributed by atoms with Crippen molar-refractivity contribution in [3.05, 3.63) is 42.9 Å². The molecule has 1 N–H and O–H groups in total. The van der Waals surface area contributed by atoms with Crippen LogP contribution in [-0.2, 0) is 9.84 Å². The average Bonchev–Trinajstić information content (AvgIpc) is 2.85. The van der Waals surface area contributed by atoms with E-state index in [-0.39, 0.29) is 10.8 Å². The van der Waals surface area contributed by atoms with Crippen LogP contribution < -0.4 is 4.74 Å². The van der Waals surface area contributed by atoms with Crippen LogP contribution in [0, 0.1) is 0 Å². The minimum atomic E-state index is -3.44. The number of aromatic nitrogens is 3. The summed E-state index contributed by atoms with van der Waals surface area (Å²) in [6.07, 6.45) is 4.10. The standard InChI is InChI=1S/C13H11N3O3S/c1-20(17,18)13-12(3-2-6-14-13)19-9-4-5-10-11(7-9)16-8-15-10/h2-8H,1H3,(H,15,16). The van der Waals surface area contributed by atoms with Gasteiger partial charge in [0.25, 0.3) is 0 Å². The van der Waals surface area contributed by atoms with Crippen LogP contribution in [0.2, 0.25) is 0 Å². The Balaban J connectivity index is 2.02. The van der Waals surface area contributed by atoms with Gasteiger partial charge in [0.05, 0.1) is 17.4 Å². The lowest BCUT2D eigenvalue weighted by Gasteiger charge is -2.08. The number of imidazole rings is 1. The summed E-state index contributed by atoms with van der Waals surface area (Å²) in [4.78, 5) is 10.9. The Labute approximate surface area is 115 Å². The fraction of sp³-hybridized carbons (Fsp3) is 0.0769. The van der Waals surface area contributed by atoms with Crippen LogP contribution in [-0.4, -0.2) is 29.6 Å². The predicted octanol–water partition coefficient (Wildman–Crippen LogP) is 2.15. The molecule has 3 aromatic rings. The second-order valence-corrected chi connectivity index (χ2v) is 6.19. The largest absolute Gasteiger partial charge is 0.454 e. The molecule has 6 nitrogen and oxygen atoms in total. The molecule has 0 amide bonds. The van der Waals surface area contributed by atoms with E-state index in [0.29, 0.717) is 5.75 Å². The van der Waals surface area contributed by atoms with Gasteiger partial charge < -0.3 is 9.72 Å². The molecule has 0 aliphatic heterocycles. The highest BCUT2D eigenvalue weighted by molar-refractivity contribution is 7.90. The van der Waals surface area contributed by atoms with Crippen molar-refractivity contribution in [1.82, 2.24) is 15.0 Å². The molecule has 0 aliphatic carbocycles. The van der Waals surface area contributed by atoms with Crippen molar-refractivity contribution in [3.8, 4) is 11.5 Å². The Morgan fingerprint density at radius 3 is 2.85 bits per heavy atom. The molecule has 102 valence electrons. The van der Waals surface area contributed by atoms with Crippen molar-refractivity contribution in [1.29, 1.82) is 0 Å². The Hall–Kier alpha value is -2.41. The quantitative estimate of drug-likeness (QED) is 0.798. The Bertz CT molecular complexity index is 871. The number of H-pyrrole nitrogens is 1. The molecule has 0 spiro atoms. The summed E-state index contributed by atoms with van der Waals surface area (Å²) in [6.45, 7) is 0. The van der Waals surface area contributed by atoms with E-state index in [9.17, 15) is 8.42 Å². The van der Waals surface area contributed by atoms with E-state index in [2.05, 4.69) is 15.0 Å². The highest BCUT2D eigenvalue weighted by atomic mass is 32.2. The number of nitrogens with zero attached hydrogens (tertiary/aromatic N) is 2. The van der Waals surface area contributed by atoms with E-state index >= 15 is 0 Å². The SMILES string of the molecule is CS(=O)(=O)c1ncccc1Oc1ccc2nc[nH]c2c1. The van der Waals surface area contributed by atoms with Crippen molar-refractivity contribution in [2.24, 2.45) is 0 Å². The van der Waals surface area contributed by atoms with Crippen molar-refractivity contribution in [2.75, 3.05) is 6.26 Å². The summed E-state index contributed by atoms with van der Waals surface area (Å²) in [5.41, 5.74) is 1.62. The lowest BCUT2D eigenvalue weighted by molar-refractivity contribution is 0.462. The van der Waals surface area contributed by atoms with Gasteiger partial charge in [-0.05, 0) is 24.3 Å². The number of rotatable bonds is 3. The average molecular weight is 289 g/mol. The first-order valence-electron chi connectivity index (χ1n) is 5.80. The molecular weight excluding hydrogens is 278 g/mol. The van der Waals surface area contributed by atoms with Crippen molar-refractivity contribution >= 4 is 20.9 Å². The van der Waals surface area contributed by atoms with Crippen molar-refractivity contribution in [3.63, 3.8) is 0 Å². The summed E-state index contributed by atoms with van der Waals surface area (Å²) in [5.74, 6) is 0.716. The molecule has 0 unspecified atom stereocenters. The first-order valence-corrected chi connectivity index (χ1v) is 7.69. The number of nitrogens with one attached hydrogen (secondary N) is 1. The van der Waals surface area contributed by atoms with E-state index in [1.54, 1.807) is 36.7 Å². The number of pyridine rings is 1. The zero-order valence-electron chi connectivity index (χ0n) is 10.6. The molecule has 0 radical (unpaired) electrons. The molecule has 0 saturated heterocycles. The fourth-order valence-corrected chi connectivity index (χ4v) is 2.56. The molecule has 0 bridgehead atoms. The van der Waals surface area contributed by atoms with Gasteiger partial charge in [-0.15, -0.1) is 0 Å². The highest BCUT2D eigenvalue weighted by Crippen LogP contribution is 2.28. The molecule has 2 aromatic heterocycles. The highest BCUT2D eigenvalue weighted by Gasteiger charge is 2.16. The molecule has 0 saturated carbocycles. The molecule has 3 rings (SSSR count). The monoisotopic (exact) mass is 289 g/mol. The van der Waals surface area contributed by atoms with Gasteiger partial charge in [-0.3, -0.25) is 0 Å². The molecule has 7 heteroatoms. The third kappa shape index (κ3) is 2.35. The van der Waals surface area contributed by atoms with Gasteiger partial charge in [0.2, 0.25) is 0 Å². The number of fused-ring (bicyclic) bond motifs is 1. The molecule has 20 heavy (non-hydrogen) atoms. The van der Waals surface area contributed by atoms with Crippen LogP contribution in [0.1, 0.15) is 0 Å². The number of hydrogen-bond acceptors (Lipinski definition) is 5. The molecule has 0 aliphatic rings. The Kier molecular flexibility index (Phi) is 2.90. The van der Waals surface area contributed by atoms with Crippen LogP contribution >= 0.6 is 0 Å². The topological polar surface area (TPSA) is 84.9 Å². The minimum Gasteiger partial charge on any atom is -0.454 e. The van der Waals surface area contributed by atoms with E-state index in [1.165, 1.54) is 6.20 Å². The van der Waals surface area contributed by atoms with Crippen LogP contribution in [0.3, 0.4) is 0 Å². The summed E-state index contributed by atoms with van der Waals surface area (Å²) < 4.78 is 28.9. The van der Waals surface area contributed by atoms with Crippen LogP contribution in [0.5, 0.6) is 11.5 Å². The smallest absolute Gasteiger partial charge is 0.197 e. The van der Waals surface area contributed by atoms with E-state index in [0.717, 1.165) is 17.3 Å². The number of aromatic amines is 1. The Morgan fingerprint density at radius 1 is 1.20 bits per heavy atom. The van der Waals surface area contributed by atoms with Crippen LogP contribution in [0.4, 0.5) is 0 Å². The summed E-state index contributed by atoms with van der Waals surface area (Å²) in [6, 6.07) is 8.46. The van der Waals surface area contributed by atoms with Crippen LogP contribution in [0.15, 0.2) is 47.9 Å². The summed E-state index contributed by atoms with van der Waals surface area (Å²) in [5, 5.41) is -0.0790. The lowest BCUT2D eigenvalue weighted by Crippen LogP contribution is -2.02. The number of sulfone groups is 1. The third-order valence-corrected chi connectivity index (χ3v) is 3.72. The zero-order valence-corrected chi connectivity index (χ0v) is 11.4. The van der Waals surface area contributed by atoms with Gasteiger partial charge in [-0.1, -0.05) is 0 Å². The second kappa shape index (κ2) is 4.61.